The van der Waals surface area contributed by atoms with Gasteiger partial charge in [-0.3, -0.25) is 14.1 Å². The Kier molecular flexibility index (Phi) is 7.63. The number of aldehydes is 1. The molecule has 6 nitrogen and oxygen atoms in total. The number of hydrogen-bond donors (Lipinski definition) is 2. The first-order valence-electron chi connectivity index (χ1n) is 9.67. The van der Waals surface area contributed by atoms with E-state index in [0.29, 0.717) is 26.7 Å². The summed E-state index contributed by atoms with van der Waals surface area (Å²) in [5.41, 5.74) is 2.55. The minimum atomic E-state index is -0.330. The van der Waals surface area contributed by atoms with Crippen molar-refractivity contribution in [3.8, 4) is 11.1 Å². The lowest BCUT2D eigenvalue weighted by Crippen LogP contribution is -2.48. The summed E-state index contributed by atoms with van der Waals surface area (Å²) in [5.74, 6) is 0. The lowest BCUT2D eigenvalue weighted by Gasteiger charge is -2.35. The SMILES string of the molecule is CC(NC(=O)N(C)C1CCN(S)CC1)c1ccc(-c2cncc(C=O)c2)c(Cl)c1Cl. The van der Waals surface area contributed by atoms with Crippen molar-refractivity contribution in [2.24, 2.45) is 0 Å². The van der Waals surface area contributed by atoms with Crippen molar-refractivity contribution in [3.05, 3.63) is 51.8 Å². The molecular weight excluding hydrogens is 443 g/mol. The van der Waals surface area contributed by atoms with Crippen LogP contribution in [-0.2, 0) is 0 Å². The van der Waals surface area contributed by atoms with Gasteiger partial charge in [0.25, 0.3) is 0 Å². The average Bonchev–Trinajstić information content (AvgIpc) is 2.75. The van der Waals surface area contributed by atoms with Crippen LogP contribution in [0, 0.1) is 0 Å². The van der Waals surface area contributed by atoms with Crippen LogP contribution >= 0.6 is 36.0 Å². The molecule has 1 aliphatic heterocycles. The molecule has 0 bridgehead atoms. The van der Waals surface area contributed by atoms with Gasteiger partial charge in [0.05, 0.1) is 16.1 Å². The fourth-order valence-electron chi connectivity index (χ4n) is 3.56. The summed E-state index contributed by atoms with van der Waals surface area (Å²) in [5, 5.41) is 3.72. The van der Waals surface area contributed by atoms with Crippen molar-refractivity contribution in [1.82, 2.24) is 19.5 Å². The summed E-state index contributed by atoms with van der Waals surface area (Å²) in [4.78, 5) is 29.6. The second-order valence-corrected chi connectivity index (χ2v) is 8.74. The minimum Gasteiger partial charge on any atom is -0.331 e. The molecule has 160 valence electrons. The smallest absolute Gasteiger partial charge is 0.317 e. The molecule has 9 heteroatoms. The number of carbonyl (C=O) groups excluding carboxylic acids is 2. The number of urea groups is 1. The number of halogens is 2. The molecule has 1 aliphatic rings. The monoisotopic (exact) mass is 466 g/mol. The summed E-state index contributed by atoms with van der Waals surface area (Å²) >= 11 is 17.4. The highest BCUT2D eigenvalue weighted by Gasteiger charge is 2.26. The molecule has 0 saturated carbocycles. The lowest BCUT2D eigenvalue weighted by atomic mass is 10.0. The van der Waals surface area contributed by atoms with E-state index in [4.69, 9.17) is 23.2 Å². The summed E-state index contributed by atoms with van der Waals surface area (Å²) < 4.78 is 1.97. The van der Waals surface area contributed by atoms with E-state index < -0.39 is 0 Å². The summed E-state index contributed by atoms with van der Waals surface area (Å²) in [6.07, 6.45) is 5.61. The number of rotatable bonds is 5. The Morgan fingerprint density at radius 3 is 2.67 bits per heavy atom. The first kappa shape index (κ1) is 22.9. The van der Waals surface area contributed by atoms with Crippen LogP contribution in [0.25, 0.3) is 11.1 Å². The average molecular weight is 467 g/mol. The number of hydrogen-bond acceptors (Lipinski definition) is 5. The quantitative estimate of drug-likeness (QED) is 0.486. The molecule has 2 aromatic rings. The fourth-order valence-corrected chi connectivity index (χ4v) is 4.40. The van der Waals surface area contributed by atoms with E-state index in [1.54, 1.807) is 17.2 Å². The second-order valence-electron chi connectivity index (χ2n) is 7.42. The predicted octanol–water partition coefficient (Wildman–Crippen LogP) is 4.88. The van der Waals surface area contributed by atoms with Crippen LogP contribution in [0.2, 0.25) is 10.0 Å². The normalized spacial score (nSPS) is 16.2. The molecule has 0 radical (unpaired) electrons. The highest BCUT2D eigenvalue weighted by atomic mass is 35.5. The van der Waals surface area contributed by atoms with E-state index in [9.17, 15) is 9.59 Å². The molecule has 1 fully saturated rings. The van der Waals surface area contributed by atoms with E-state index in [0.717, 1.165) is 37.8 Å². The van der Waals surface area contributed by atoms with Crippen LogP contribution in [0.3, 0.4) is 0 Å². The van der Waals surface area contributed by atoms with Gasteiger partial charge in [-0.15, -0.1) is 0 Å². The highest BCUT2D eigenvalue weighted by molar-refractivity contribution is 7.77. The van der Waals surface area contributed by atoms with Gasteiger partial charge in [-0.25, -0.2) is 4.79 Å². The van der Waals surface area contributed by atoms with Crippen LogP contribution in [-0.4, -0.2) is 52.7 Å². The molecule has 0 aliphatic carbocycles. The molecule has 2 heterocycles. The van der Waals surface area contributed by atoms with Gasteiger partial charge < -0.3 is 10.2 Å². The van der Waals surface area contributed by atoms with Crippen molar-refractivity contribution in [2.45, 2.75) is 31.8 Å². The van der Waals surface area contributed by atoms with Gasteiger partial charge in [-0.1, -0.05) is 48.1 Å². The first-order valence-corrected chi connectivity index (χ1v) is 10.8. The van der Waals surface area contributed by atoms with Crippen molar-refractivity contribution >= 4 is 48.3 Å². The van der Waals surface area contributed by atoms with Gasteiger partial charge in [0.1, 0.15) is 0 Å². The Bertz CT molecular complexity index is 935. The van der Waals surface area contributed by atoms with Gasteiger partial charge in [0.2, 0.25) is 0 Å². The molecule has 1 atom stereocenters. The Morgan fingerprint density at radius 1 is 1.30 bits per heavy atom. The predicted molar refractivity (Wildman–Crippen MR) is 123 cm³/mol. The maximum atomic E-state index is 12.7. The molecule has 1 aromatic carbocycles. The van der Waals surface area contributed by atoms with Crippen LogP contribution in [0.1, 0.15) is 41.7 Å². The molecule has 0 spiro atoms. The minimum absolute atomic E-state index is 0.153. The third-order valence-electron chi connectivity index (χ3n) is 5.43. The van der Waals surface area contributed by atoms with Crippen molar-refractivity contribution in [3.63, 3.8) is 0 Å². The van der Waals surface area contributed by atoms with E-state index in [1.165, 1.54) is 6.20 Å². The fraction of sp³-hybridized carbons (Fsp3) is 0.381. The summed E-state index contributed by atoms with van der Waals surface area (Å²) in [6.45, 7) is 3.57. The number of nitrogens with zero attached hydrogens (tertiary/aromatic N) is 3. The number of carbonyl (C=O) groups is 2. The number of nitrogens with one attached hydrogen (secondary N) is 1. The highest BCUT2D eigenvalue weighted by Crippen LogP contribution is 2.38. The molecule has 1 N–H and O–H groups in total. The standard InChI is InChI=1S/C21H24Cl2N4O2S/c1-13(25-21(29)26(2)16-5-7-27(30)8-6-16)17-3-4-18(20(23)19(17)22)15-9-14(12-28)10-24-11-15/h3-4,9-13,16,30H,5-8H2,1-2H3,(H,25,29). The molecule has 1 saturated heterocycles. The molecule has 2 amide bonds. The Morgan fingerprint density at radius 2 is 2.00 bits per heavy atom. The third kappa shape index (κ3) is 5.09. The van der Waals surface area contributed by atoms with Crippen molar-refractivity contribution in [1.29, 1.82) is 0 Å². The topological polar surface area (TPSA) is 65.5 Å². The first-order chi connectivity index (χ1) is 14.3. The zero-order valence-corrected chi connectivity index (χ0v) is 19.2. The van der Waals surface area contributed by atoms with Gasteiger partial charge in [-0.05, 0) is 31.4 Å². The number of piperidine rings is 1. The van der Waals surface area contributed by atoms with Crippen LogP contribution in [0.4, 0.5) is 4.79 Å². The van der Waals surface area contributed by atoms with Crippen molar-refractivity contribution in [2.75, 3.05) is 20.1 Å². The van der Waals surface area contributed by atoms with Gasteiger partial charge >= 0.3 is 6.03 Å². The van der Waals surface area contributed by atoms with Gasteiger partial charge in [-0.2, -0.15) is 0 Å². The maximum absolute atomic E-state index is 12.7. The third-order valence-corrected chi connectivity index (χ3v) is 6.73. The number of amides is 2. The number of aromatic nitrogens is 1. The van der Waals surface area contributed by atoms with Crippen LogP contribution < -0.4 is 5.32 Å². The van der Waals surface area contributed by atoms with Gasteiger partial charge in [0.15, 0.2) is 6.29 Å². The number of benzene rings is 1. The van der Waals surface area contributed by atoms with Crippen LogP contribution in [0.5, 0.6) is 0 Å². The second kappa shape index (κ2) is 10.0. The number of thiol groups is 1. The molecule has 30 heavy (non-hydrogen) atoms. The van der Waals surface area contributed by atoms with Crippen molar-refractivity contribution < 1.29 is 9.59 Å². The molecule has 1 aromatic heterocycles. The Labute approximate surface area is 192 Å². The van der Waals surface area contributed by atoms with Crippen LogP contribution in [0.15, 0.2) is 30.6 Å². The number of pyridine rings is 1. The lowest BCUT2D eigenvalue weighted by molar-refractivity contribution is 0.112. The zero-order chi connectivity index (χ0) is 21.8. The Balaban J connectivity index is 1.74. The molecule has 3 rings (SSSR count). The Hall–Kier alpha value is -1.80. The maximum Gasteiger partial charge on any atom is 0.317 e. The van der Waals surface area contributed by atoms with Gasteiger partial charge in [0, 0.05) is 55.3 Å². The van der Waals surface area contributed by atoms with E-state index in [-0.39, 0.29) is 18.1 Å². The van der Waals surface area contributed by atoms with E-state index in [1.807, 2.05) is 30.4 Å². The van der Waals surface area contributed by atoms with E-state index in [2.05, 4.69) is 23.1 Å². The van der Waals surface area contributed by atoms with E-state index >= 15 is 0 Å². The largest absolute Gasteiger partial charge is 0.331 e. The molecular formula is C21H24Cl2N4O2S. The zero-order valence-electron chi connectivity index (χ0n) is 16.8. The summed E-state index contributed by atoms with van der Waals surface area (Å²) in [6, 6.07) is 5.06. The summed E-state index contributed by atoms with van der Waals surface area (Å²) in [7, 11) is 1.81. The molecule has 1 unspecified atom stereocenters.